The van der Waals surface area contributed by atoms with Gasteiger partial charge in [-0.2, -0.15) is 13.2 Å². The summed E-state index contributed by atoms with van der Waals surface area (Å²) in [4.78, 5) is 17.8. The molecular formula is C36H44F4N4O6S. The number of likely N-dealkylation sites (tertiary alicyclic amines) is 1. The van der Waals surface area contributed by atoms with Crippen LogP contribution in [0.5, 0.6) is 11.6 Å². The Morgan fingerprint density at radius 3 is 2.31 bits per heavy atom. The minimum absolute atomic E-state index is 0.200. The number of aromatic nitrogens is 1. The van der Waals surface area contributed by atoms with Crippen LogP contribution in [0.15, 0.2) is 72.8 Å². The van der Waals surface area contributed by atoms with E-state index in [4.69, 9.17) is 14.2 Å². The van der Waals surface area contributed by atoms with Crippen molar-refractivity contribution in [1.29, 1.82) is 0 Å². The topological polar surface area (TPSA) is 122 Å². The number of nitrogens with one attached hydrogen (secondary N) is 3. The normalized spacial score (nSPS) is 14.8. The first-order valence-corrected chi connectivity index (χ1v) is 18.4. The number of rotatable bonds is 14. The first kappa shape index (κ1) is 39.6. The van der Waals surface area contributed by atoms with Crippen LogP contribution < -0.4 is 19.5 Å². The lowest BCUT2D eigenvalue weighted by Gasteiger charge is -2.31. The van der Waals surface area contributed by atoms with Crippen LogP contribution in [-0.4, -0.2) is 84.0 Å². The second kappa shape index (κ2) is 18.4. The first-order valence-electron chi connectivity index (χ1n) is 16.5. The zero-order valence-corrected chi connectivity index (χ0v) is 29.6. The molecule has 10 nitrogen and oxygen atoms in total. The van der Waals surface area contributed by atoms with Gasteiger partial charge in [0.2, 0.25) is 15.9 Å². The summed E-state index contributed by atoms with van der Waals surface area (Å²) in [5.41, 5.74) is 1.13. The van der Waals surface area contributed by atoms with Crippen LogP contribution >= 0.6 is 0 Å². The molecule has 1 unspecified atom stereocenters. The number of halogens is 4. The highest BCUT2D eigenvalue weighted by Gasteiger charge is 2.30. The Balaban J connectivity index is 0.000000238. The van der Waals surface area contributed by atoms with E-state index in [1.54, 1.807) is 6.07 Å². The minimum Gasteiger partial charge on any atom is -0.486 e. The van der Waals surface area contributed by atoms with Crippen LogP contribution in [0.25, 0.3) is 10.9 Å². The van der Waals surface area contributed by atoms with Crippen molar-refractivity contribution in [2.45, 2.75) is 31.5 Å². The summed E-state index contributed by atoms with van der Waals surface area (Å²) >= 11 is 0. The van der Waals surface area contributed by atoms with Gasteiger partial charge in [-0.05, 0) is 93.5 Å². The number of aromatic amines is 1. The Bertz CT molecular complexity index is 1800. The molecule has 2 heterocycles. The average molecular weight is 737 g/mol. The van der Waals surface area contributed by atoms with Gasteiger partial charge in [-0.3, -0.25) is 0 Å². The Morgan fingerprint density at radius 1 is 1.02 bits per heavy atom. The van der Waals surface area contributed by atoms with E-state index in [1.165, 1.54) is 31.4 Å². The standard InChI is InChI=1S/C19H26FN3O5S.C17H18F3NO/c1-27-18-17(15-11-14(20)3-4-16(15)22-18)19(24)28-12-13-5-8-23(9-6-13)10-7-21-29(2,25)26;1-21-12-11-16(13-5-3-2-4-6-13)22-15-9-7-14(8-10-15)17(18,19)20/h3-4,11,13,21-22H,5-10,12H2,1-2H3;2-10,16,21H,11-12H2,1H3. The summed E-state index contributed by atoms with van der Waals surface area (Å²) in [7, 11) is 0.114. The summed E-state index contributed by atoms with van der Waals surface area (Å²) in [6.07, 6.45) is -0.960. The van der Waals surface area contributed by atoms with Gasteiger partial charge in [0, 0.05) is 30.4 Å². The van der Waals surface area contributed by atoms with Gasteiger partial charge in [0.05, 0.1) is 25.5 Å². The van der Waals surface area contributed by atoms with Crippen molar-refractivity contribution >= 4 is 26.9 Å². The molecule has 15 heteroatoms. The monoisotopic (exact) mass is 736 g/mol. The van der Waals surface area contributed by atoms with E-state index in [0.29, 0.717) is 29.7 Å². The number of alkyl halides is 3. The third-order valence-electron chi connectivity index (χ3n) is 8.37. The summed E-state index contributed by atoms with van der Waals surface area (Å²) in [6, 6.07) is 18.6. The van der Waals surface area contributed by atoms with Crippen LogP contribution in [0.3, 0.4) is 0 Å². The van der Waals surface area contributed by atoms with Gasteiger partial charge in [-0.15, -0.1) is 0 Å². The number of carbonyl (C=O) groups is 1. The van der Waals surface area contributed by atoms with Crippen LogP contribution in [-0.2, 0) is 20.9 Å². The molecule has 4 aromatic rings. The summed E-state index contributed by atoms with van der Waals surface area (Å²) < 4.78 is 92.6. The van der Waals surface area contributed by atoms with Crippen molar-refractivity contribution in [3.05, 3.63) is 95.3 Å². The molecule has 278 valence electrons. The molecule has 0 bridgehead atoms. The van der Waals surface area contributed by atoms with E-state index in [-0.39, 0.29) is 30.1 Å². The number of methoxy groups -OCH3 is 1. The van der Waals surface area contributed by atoms with E-state index in [9.17, 15) is 30.8 Å². The minimum atomic E-state index is -4.33. The number of hydrogen-bond acceptors (Lipinski definition) is 8. The number of hydrogen-bond donors (Lipinski definition) is 3. The fraction of sp³-hybridized carbons (Fsp3) is 0.417. The number of H-pyrrole nitrogens is 1. The van der Waals surface area contributed by atoms with Gasteiger partial charge in [0.1, 0.15) is 23.2 Å². The van der Waals surface area contributed by atoms with Crippen LogP contribution in [0.1, 0.15) is 46.9 Å². The zero-order chi connectivity index (χ0) is 37.0. The third-order valence-corrected chi connectivity index (χ3v) is 9.10. The highest BCUT2D eigenvalue weighted by Crippen LogP contribution is 2.32. The van der Waals surface area contributed by atoms with Gasteiger partial charge >= 0.3 is 12.1 Å². The number of piperidine rings is 1. The van der Waals surface area contributed by atoms with Crippen molar-refractivity contribution in [3.63, 3.8) is 0 Å². The highest BCUT2D eigenvalue weighted by atomic mass is 32.2. The lowest BCUT2D eigenvalue weighted by atomic mass is 9.98. The van der Waals surface area contributed by atoms with Crippen molar-refractivity contribution < 1.29 is 45.0 Å². The van der Waals surface area contributed by atoms with Crippen LogP contribution in [0.4, 0.5) is 17.6 Å². The van der Waals surface area contributed by atoms with E-state index >= 15 is 0 Å². The fourth-order valence-electron chi connectivity index (χ4n) is 5.65. The molecule has 1 saturated heterocycles. The molecule has 0 spiro atoms. The largest absolute Gasteiger partial charge is 0.486 e. The molecule has 1 atom stereocenters. The van der Waals surface area contributed by atoms with Crippen molar-refractivity contribution in [2.24, 2.45) is 5.92 Å². The van der Waals surface area contributed by atoms with Crippen LogP contribution in [0.2, 0.25) is 0 Å². The number of benzene rings is 3. The molecule has 0 saturated carbocycles. The fourth-order valence-corrected chi connectivity index (χ4v) is 6.11. The first-order chi connectivity index (χ1) is 24.3. The SMILES string of the molecule is CNCCC(Oc1ccc(C(F)(F)F)cc1)c1ccccc1.COc1[nH]c2ccc(F)cc2c1C(=O)OCC1CCN(CCNS(C)(=O)=O)CC1. The predicted molar refractivity (Wildman–Crippen MR) is 187 cm³/mol. The molecule has 1 aliphatic rings. The van der Waals surface area contributed by atoms with Crippen molar-refractivity contribution in [2.75, 3.05) is 59.7 Å². The maximum absolute atomic E-state index is 13.6. The second-order valence-corrected chi connectivity index (χ2v) is 14.0. The maximum Gasteiger partial charge on any atom is 0.416 e. The molecule has 51 heavy (non-hydrogen) atoms. The van der Waals surface area contributed by atoms with Gasteiger partial charge in [0.15, 0.2) is 0 Å². The van der Waals surface area contributed by atoms with Gasteiger partial charge < -0.3 is 29.4 Å². The maximum atomic E-state index is 13.6. The predicted octanol–water partition coefficient (Wildman–Crippen LogP) is 6.17. The number of ether oxygens (including phenoxy) is 3. The van der Waals surface area contributed by atoms with E-state index in [1.807, 2.05) is 37.4 Å². The summed E-state index contributed by atoms with van der Waals surface area (Å²) in [5, 5.41) is 3.48. The van der Waals surface area contributed by atoms with Crippen molar-refractivity contribution in [1.82, 2.24) is 19.9 Å². The zero-order valence-electron chi connectivity index (χ0n) is 28.8. The summed E-state index contributed by atoms with van der Waals surface area (Å²) in [5.74, 6) is -0.0721. The molecule has 1 aliphatic heterocycles. The number of esters is 1. The third kappa shape index (κ3) is 12.2. The van der Waals surface area contributed by atoms with Gasteiger partial charge in [0.25, 0.3) is 0 Å². The van der Waals surface area contributed by atoms with Crippen molar-refractivity contribution in [3.8, 4) is 11.6 Å². The molecule has 1 fully saturated rings. The second-order valence-electron chi connectivity index (χ2n) is 12.2. The molecule has 0 radical (unpaired) electrons. The van der Waals surface area contributed by atoms with Gasteiger partial charge in [-0.25, -0.2) is 22.3 Å². The molecule has 0 amide bonds. The van der Waals surface area contributed by atoms with E-state index in [0.717, 1.165) is 62.8 Å². The Morgan fingerprint density at radius 2 is 1.71 bits per heavy atom. The van der Waals surface area contributed by atoms with E-state index in [2.05, 4.69) is 19.9 Å². The number of nitrogens with zero attached hydrogens (tertiary/aromatic N) is 1. The molecule has 3 aromatic carbocycles. The Labute approximate surface area is 295 Å². The molecule has 0 aliphatic carbocycles. The lowest BCUT2D eigenvalue weighted by Crippen LogP contribution is -2.40. The Kier molecular flexibility index (Phi) is 14.3. The van der Waals surface area contributed by atoms with E-state index < -0.39 is 33.5 Å². The summed E-state index contributed by atoms with van der Waals surface area (Å²) in [6.45, 7) is 3.69. The molecule has 3 N–H and O–H groups in total. The number of fused-ring (bicyclic) bond motifs is 1. The highest BCUT2D eigenvalue weighted by molar-refractivity contribution is 7.88. The lowest BCUT2D eigenvalue weighted by molar-refractivity contribution is -0.137. The van der Waals surface area contributed by atoms with Gasteiger partial charge in [-0.1, -0.05) is 30.3 Å². The Hall–Kier alpha value is -4.18. The smallest absolute Gasteiger partial charge is 0.416 e. The number of carbonyl (C=O) groups excluding carboxylic acids is 1. The molecule has 5 rings (SSSR count). The quantitative estimate of drug-likeness (QED) is 0.104. The molecule has 1 aromatic heterocycles. The molecular weight excluding hydrogens is 692 g/mol. The average Bonchev–Trinajstić information content (AvgIpc) is 3.47. The number of sulfonamides is 1. The van der Waals surface area contributed by atoms with Crippen LogP contribution in [0, 0.1) is 11.7 Å².